The summed E-state index contributed by atoms with van der Waals surface area (Å²) < 4.78 is 0. The highest BCUT2D eigenvalue weighted by Gasteiger charge is 2.49. The summed E-state index contributed by atoms with van der Waals surface area (Å²) >= 11 is 0. The van der Waals surface area contributed by atoms with Gasteiger partial charge in [0.2, 0.25) is 5.91 Å². The Morgan fingerprint density at radius 2 is 1.89 bits per heavy atom. The molecule has 0 aromatic rings. The number of hydrogen-bond donors (Lipinski definition) is 1. The first-order valence-corrected chi connectivity index (χ1v) is 7.94. The van der Waals surface area contributed by atoms with Crippen LogP contribution in [0.3, 0.4) is 0 Å². The highest BCUT2D eigenvalue weighted by molar-refractivity contribution is 5.78. The van der Waals surface area contributed by atoms with E-state index in [1.807, 2.05) is 0 Å². The zero-order valence-electron chi connectivity index (χ0n) is 11.5. The quantitative estimate of drug-likeness (QED) is 0.705. The van der Waals surface area contributed by atoms with E-state index in [0.29, 0.717) is 24.3 Å². The topological polar surface area (TPSA) is 43.8 Å². The van der Waals surface area contributed by atoms with E-state index in [0.717, 1.165) is 25.6 Å². The average molecular weight is 264 g/mol. The van der Waals surface area contributed by atoms with Crippen molar-refractivity contribution in [1.29, 1.82) is 0 Å². The van der Waals surface area contributed by atoms with Crippen molar-refractivity contribution < 1.29 is 9.90 Å². The van der Waals surface area contributed by atoms with Gasteiger partial charge in [-0.05, 0) is 44.1 Å². The van der Waals surface area contributed by atoms with Gasteiger partial charge in [-0.2, -0.15) is 0 Å². The molecule has 4 fully saturated rings. The average Bonchev–Trinajstić information content (AvgIpc) is 2.40. The van der Waals surface area contributed by atoms with E-state index in [4.69, 9.17) is 0 Å². The Kier molecular flexibility index (Phi) is 2.85. The molecule has 4 rings (SSSR count). The molecule has 2 bridgehead atoms. The van der Waals surface area contributed by atoms with Crippen LogP contribution in [0.15, 0.2) is 0 Å². The molecule has 4 heterocycles. The minimum absolute atomic E-state index is 0.197. The van der Waals surface area contributed by atoms with E-state index >= 15 is 0 Å². The Bertz CT molecular complexity index is 386. The lowest BCUT2D eigenvalue weighted by molar-refractivity contribution is -0.154. The van der Waals surface area contributed by atoms with Crippen molar-refractivity contribution in [3.05, 3.63) is 0 Å². The van der Waals surface area contributed by atoms with Crippen molar-refractivity contribution in [3.8, 4) is 0 Å². The van der Waals surface area contributed by atoms with Gasteiger partial charge in [-0.3, -0.25) is 9.69 Å². The summed E-state index contributed by atoms with van der Waals surface area (Å²) in [5, 5.41) is 9.89. The fourth-order valence-electron chi connectivity index (χ4n) is 5.10. The number of aliphatic hydroxyl groups is 1. The third-order valence-electron chi connectivity index (χ3n) is 5.90. The van der Waals surface area contributed by atoms with Crippen molar-refractivity contribution in [2.24, 2.45) is 11.8 Å². The van der Waals surface area contributed by atoms with Gasteiger partial charge in [0.05, 0.1) is 12.5 Å². The smallest absolute Gasteiger partial charge is 0.225 e. The Morgan fingerprint density at radius 1 is 1.05 bits per heavy atom. The first kappa shape index (κ1) is 12.2. The minimum Gasteiger partial charge on any atom is -0.393 e. The van der Waals surface area contributed by atoms with Crippen LogP contribution in [0, 0.1) is 11.8 Å². The molecule has 4 saturated heterocycles. The number of fused-ring (bicyclic) bond motifs is 6. The fourth-order valence-corrected chi connectivity index (χ4v) is 5.10. The molecule has 0 aromatic carbocycles. The third kappa shape index (κ3) is 1.91. The molecule has 4 aliphatic rings. The SMILES string of the molecule is O=C1C[C@@H](O)C[C@@H]2C3CC(CN12)[C@@H]1CCCCN1C3. The molecule has 4 heteroatoms. The van der Waals surface area contributed by atoms with Crippen LogP contribution in [0.4, 0.5) is 0 Å². The number of rotatable bonds is 0. The zero-order valence-corrected chi connectivity index (χ0v) is 11.5. The summed E-state index contributed by atoms with van der Waals surface area (Å²) in [6.07, 6.45) is 6.06. The van der Waals surface area contributed by atoms with E-state index in [1.54, 1.807) is 0 Å². The largest absolute Gasteiger partial charge is 0.393 e. The van der Waals surface area contributed by atoms with Gasteiger partial charge in [0.15, 0.2) is 0 Å². The van der Waals surface area contributed by atoms with Gasteiger partial charge < -0.3 is 10.0 Å². The number of nitrogens with zero attached hydrogens (tertiary/aromatic N) is 2. The zero-order chi connectivity index (χ0) is 13.0. The molecular formula is C15H24N2O2. The summed E-state index contributed by atoms with van der Waals surface area (Å²) in [5.74, 6) is 1.49. The predicted octanol–water partition coefficient (Wildman–Crippen LogP) is 0.843. The highest BCUT2D eigenvalue weighted by Crippen LogP contribution is 2.42. The van der Waals surface area contributed by atoms with E-state index in [2.05, 4.69) is 9.80 Å². The van der Waals surface area contributed by atoms with E-state index < -0.39 is 6.10 Å². The highest BCUT2D eigenvalue weighted by atomic mass is 16.3. The lowest BCUT2D eigenvalue weighted by atomic mass is 9.70. The Hall–Kier alpha value is -0.610. The molecule has 4 nitrogen and oxygen atoms in total. The number of carbonyl (C=O) groups is 1. The monoisotopic (exact) mass is 264 g/mol. The molecule has 5 atom stereocenters. The van der Waals surface area contributed by atoms with Crippen LogP contribution in [0.1, 0.15) is 38.5 Å². The Balaban J connectivity index is 1.59. The van der Waals surface area contributed by atoms with Gasteiger partial charge in [0.1, 0.15) is 0 Å². The van der Waals surface area contributed by atoms with Crippen LogP contribution < -0.4 is 0 Å². The molecule has 4 aliphatic heterocycles. The number of amides is 1. The summed E-state index contributed by atoms with van der Waals surface area (Å²) in [4.78, 5) is 17.0. The molecular weight excluding hydrogens is 240 g/mol. The van der Waals surface area contributed by atoms with E-state index in [1.165, 1.54) is 32.2 Å². The lowest BCUT2D eigenvalue weighted by Gasteiger charge is -2.57. The normalized spacial score (nSPS) is 46.7. The fraction of sp³-hybridized carbons (Fsp3) is 0.933. The molecule has 0 spiro atoms. The molecule has 2 unspecified atom stereocenters. The molecule has 1 N–H and O–H groups in total. The summed E-state index contributed by atoms with van der Waals surface area (Å²) in [5.41, 5.74) is 0. The molecule has 19 heavy (non-hydrogen) atoms. The van der Waals surface area contributed by atoms with Crippen LogP contribution in [-0.4, -0.2) is 58.6 Å². The molecule has 0 saturated carbocycles. The summed E-state index contributed by atoms with van der Waals surface area (Å²) in [6.45, 7) is 3.36. The van der Waals surface area contributed by atoms with Crippen LogP contribution in [-0.2, 0) is 4.79 Å². The van der Waals surface area contributed by atoms with E-state index in [-0.39, 0.29) is 5.91 Å². The van der Waals surface area contributed by atoms with Crippen LogP contribution in [0.25, 0.3) is 0 Å². The number of hydrogen-bond acceptors (Lipinski definition) is 3. The number of aliphatic hydroxyl groups excluding tert-OH is 1. The molecule has 0 radical (unpaired) electrons. The van der Waals surface area contributed by atoms with Crippen molar-refractivity contribution in [3.63, 3.8) is 0 Å². The van der Waals surface area contributed by atoms with Gasteiger partial charge in [-0.1, -0.05) is 6.42 Å². The van der Waals surface area contributed by atoms with E-state index in [9.17, 15) is 9.90 Å². The Labute approximate surface area is 114 Å². The van der Waals surface area contributed by atoms with Gasteiger partial charge in [-0.25, -0.2) is 0 Å². The van der Waals surface area contributed by atoms with Gasteiger partial charge in [0.25, 0.3) is 0 Å². The summed E-state index contributed by atoms with van der Waals surface area (Å²) in [7, 11) is 0. The van der Waals surface area contributed by atoms with Crippen LogP contribution >= 0.6 is 0 Å². The molecule has 0 aliphatic carbocycles. The first-order chi connectivity index (χ1) is 9.22. The van der Waals surface area contributed by atoms with Gasteiger partial charge in [-0.15, -0.1) is 0 Å². The molecule has 1 amide bonds. The molecule has 106 valence electrons. The van der Waals surface area contributed by atoms with Crippen molar-refractivity contribution in [1.82, 2.24) is 9.80 Å². The number of carbonyl (C=O) groups excluding carboxylic acids is 1. The van der Waals surface area contributed by atoms with Gasteiger partial charge >= 0.3 is 0 Å². The second kappa shape index (κ2) is 4.45. The maximum absolute atomic E-state index is 12.2. The second-order valence-electron chi connectivity index (χ2n) is 7.02. The first-order valence-electron chi connectivity index (χ1n) is 7.94. The minimum atomic E-state index is -0.399. The predicted molar refractivity (Wildman–Crippen MR) is 71.6 cm³/mol. The maximum atomic E-state index is 12.2. The standard InChI is InChI=1S/C15H24N2O2/c18-12-6-14-10-5-11(9-17(14)15(19)7-12)13-3-1-2-4-16(13)8-10/h10-14,18H,1-9H2/t10?,11?,12-,13-,14+/m0/s1. The van der Waals surface area contributed by atoms with Crippen LogP contribution in [0.2, 0.25) is 0 Å². The number of piperidine rings is 4. The summed E-state index contributed by atoms with van der Waals surface area (Å²) in [6, 6.07) is 1.04. The molecule has 0 aromatic heterocycles. The van der Waals surface area contributed by atoms with Crippen molar-refractivity contribution in [2.45, 2.75) is 56.7 Å². The van der Waals surface area contributed by atoms with Crippen molar-refractivity contribution in [2.75, 3.05) is 19.6 Å². The van der Waals surface area contributed by atoms with Crippen molar-refractivity contribution >= 4 is 5.91 Å². The third-order valence-corrected chi connectivity index (χ3v) is 5.90. The lowest BCUT2D eigenvalue weighted by Crippen LogP contribution is -2.65. The Morgan fingerprint density at radius 3 is 2.79 bits per heavy atom. The van der Waals surface area contributed by atoms with Gasteiger partial charge in [0, 0.05) is 25.2 Å². The van der Waals surface area contributed by atoms with Crippen LogP contribution in [0.5, 0.6) is 0 Å². The second-order valence-corrected chi connectivity index (χ2v) is 7.02. The maximum Gasteiger partial charge on any atom is 0.225 e.